The topological polar surface area (TPSA) is 101 Å². The Labute approximate surface area is 120 Å². The van der Waals surface area contributed by atoms with Crippen molar-refractivity contribution >= 4 is 16.0 Å². The van der Waals surface area contributed by atoms with Gasteiger partial charge < -0.3 is 5.11 Å². The predicted octanol–water partition coefficient (Wildman–Crippen LogP) is 0.736. The molecule has 112 valence electrons. The summed E-state index contributed by atoms with van der Waals surface area (Å²) in [6.07, 6.45) is 1.66. The molecule has 0 bridgehead atoms. The average molecular weight is 313 g/mol. The van der Waals surface area contributed by atoms with Crippen LogP contribution in [0.1, 0.15) is 16.1 Å². The molecule has 21 heavy (non-hydrogen) atoms. The summed E-state index contributed by atoms with van der Waals surface area (Å²) in [5, 5.41) is 12.8. The fourth-order valence-electron chi connectivity index (χ4n) is 1.65. The number of sulfonamides is 1. The summed E-state index contributed by atoms with van der Waals surface area (Å²) in [6, 6.07) is 4.22. The fourth-order valence-corrected chi connectivity index (χ4v) is 2.67. The van der Waals surface area contributed by atoms with Crippen LogP contribution in [0.5, 0.6) is 0 Å². The van der Waals surface area contributed by atoms with E-state index in [0.29, 0.717) is 5.69 Å². The van der Waals surface area contributed by atoms with Crippen molar-refractivity contribution in [3.8, 4) is 0 Å². The number of carboxylic acid groups (broad SMARTS) is 1. The Morgan fingerprint density at radius 1 is 1.43 bits per heavy atom. The number of benzene rings is 1. The van der Waals surface area contributed by atoms with Gasteiger partial charge in [-0.3, -0.25) is 4.68 Å². The second-order valence-electron chi connectivity index (χ2n) is 4.25. The van der Waals surface area contributed by atoms with Crippen molar-refractivity contribution in [3.63, 3.8) is 0 Å². The van der Waals surface area contributed by atoms with Gasteiger partial charge in [0.1, 0.15) is 5.82 Å². The van der Waals surface area contributed by atoms with E-state index < -0.39 is 27.4 Å². The first-order valence-electron chi connectivity index (χ1n) is 5.80. The highest BCUT2D eigenvalue weighted by Gasteiger charge is 2.19. The highest BCUT2D eigenvalue weighted by molar-refractivity contribution is 7.89. The lowest BCUT2D eigenvalue weighted by molar-refractivity contribution is 0.0691. The zero-order valence-electron chi connectivity index (χ0n) is 10.9. The minimum absolute atomic E-state index is 0.0526. The molecule has 0 unspecified atom stereocenters. The first kappa shape index (κ1) is 15.1. The second kappa shape index (κ2) is 5.62. The first-order valence-corrected chi connectivity index (χ1v) is 7.29. The minimum Gasteiger partial charge on any atom is -0.478 e. The van der Waals surface area contributed by atoms with E-state index in [1.165, 1.54) is 4.68 Å². The van der Waals surface area contributed by atoms with Crippen molar-refractivity contribution in [3.05, 3.63) is 47.5 Å². The summed E-state index contributed by atoms with van der Waals surface area (Å²) in [6.45, 7) is -0.0526. The summed E-state index contributed by atoms with van der Waals surface area (Å²) in [7, 11) is -2.26. The number of halogens is 1. The Hall–Kier alpha value is -2.26. The predicted molar refractivity (Wildman–Crippen MR) is 70.6 cm³/mol. The van der Waals surface area contributed by atoms with Gasteiger partial charge in [0, 0.05) is 13.2 Å². The minimum atomic E-state index is -3.95. The average Bonchev–Trinajstić information content (AvgIpc) is 2.82. The lowest BCUT2D eigenvalue weighted by Gasteiger charge is -2.06. The fraction of sp³-hybridized carbons (Fsp3) is 0.167. The zero-order chi connectivity index (χ0) is 15.6. The van der Waals surface area contributed by atoms with Crippen LogP contribution >= 0.6 is 0 Å². The van der Waals surface area contributed by atoms with E-state index in [2.05, 4.69) is 9.82 Å². The molecule has 0 aliphatic rings. The van der Waals surface area contributed by atoms with Gasteiger partial charge in [0.05, 0.1) is 22.7 Å². The molecule has 0 fully saturated rings. The number of hydrogen-bond acceptors (Lipinski definition) is 4. The van der Waals surface area contributed by atoms with Crippen LogP contribution in [-0.4, -0.2) is 29.3 Å². The standard InChI is InChI=1S/C12H12FN3O4S/c1-16-5-4-8(15-16)7-14-21(19,20)9-2-3-11(13)10(6-9)12(17)18/h2-6,14H,7H2,1H3,(H,17,18). The van der Waals surface area contributed by atoms with Crippen molar-refractivity contribution in [2.24, 2.45) is 7.05 Å². The SMILES string of the molecule is Cn1ccc(CNS(=O)(=O)c2ccc(F)c(C(=O)O)c2)n1. The normalized spacial score (nSPS) is 11.5. The van der Waals surface area contributed by atoms with E-state index in [9.17, 15) is 17.6 Å². The lowest BCUT2D eigenvalue weighted by Crippen LogP contribution is -2.24. The van der Waals surface area contributed by atoms with E-state index in [0.717, 1.165) is 18.2 Å². The van der Waals surface area contributed by atoms with Crippen LogP contribution in [-0.2, 0) is 23.6 Å². The third kappa shape index (κ3) is 3.44. The number of rotatable bonds is 5. The Bertz CT molecular complexity index is 786. The number of aromatic nitrogens is 2. The Morgan fingerprint density at radius 2 is 2.14 bits per heavy atom. The van der Waals surface area contributed by atoms with Crippen molar-refractivity contribution in [2.45, 2.75) is 11.4 Å². The molecule has 0 spiro atoms. The van der Waals surface area contributed by atoms with E-state index in [1.807, 2.05) is 0 Å². The van der Waals surface area contributed by atoms with E-state index in [4.69, 9.17) is 5.11 Å². The zero-order valence-corrected chi connectivity index (χ0v) is 11.8. The Balaban J connectivity index is 2.23. The number of aromatic carboxylic acids is 1. The van der Waals surface area contributed by atoms with Gasteiger partial charge in [-0.15, -0.1) is 0 Å². The van der Waals surface area contributed by atoms with Crippen LogP contribution in [0.15, 0.2) is 35.4 Å². The largest absolute Gasteiger partial charge is 0.478 e. The van der Waals surface area contributed by atoms with Gasteiger partial charge in [-0.05, 0) is 24.3 Å². The van der Waals surface area contributed by atoms with Gasteiger partial charge in [-0.25, -0.2) is 22.3 Å². The van der Waals surface area contributed by atoms with Crippen molar-refractivity contribution in [2.75, 3.05) is 0 Å². The number of carboxylic acids is 1. The van der Waals surface area contributed by atoms with Crippen molar-refractivity contribution in [1.29, 1.82) is 0 Å². The number of nitrogens with one attached hydrogen (secondary N) is 1. The molecule has 0 amide bonds. The van der Waals surface area contributed by atoms with Crippen LogP contribution in [0.4, 0.5) is 4.39 Å². The van der Waals surface area contributed by atoms with Gasteiger partial charge in [0.2, 0.25) is 10.0 Å². The number of hydrogen-bond donors (Lipinski definition) is 2. The summed E-state index contributed by atoms with van der Waals surface area (Å²) in [5.41, 5.74) is -0.197. The second-order valence-corrected chi connectivity index (χ2v) is 6.02. The molecule has 1 heterocycles. The summed E-state index contributed by atoms with van der Waals surface area (Å²) in [4.78, 5) is 10.5. The number of carbonyl (C=O) groups is 1. The van der Waals surface area contributed by atoms with E-state index in [-0.39, 0.29) is 11.4 Å². The van der Waals surface area contributed by atoms with Crippen molar-refractivity contribution in [1.82, 2.24) is 14.5 Å². The third-order valence-corrected chi connectivity index (χ3v) is 4.09. The molecule has 0 aliphatic heterocycles. The number of nitrogens with zero attached hydrogens (tertiary/aromatic N) is 2. The molecule has 2 aromatic rings. The molecule has 1 aromatic carbocycles. The monoisotopic (exact) mass is 313 g/mol. The quantitative estimate of drug-likeness (QED) is 0.847. The van der Waals surface area contributed by atoms with Crippen LogP contribution in [0.2, 0.25) is 0 Å². The van der Waals surface area contributed by atoms with Gasteiger partial charge in [-0.1, -0.05) is 0 Å². The molecule has 2 rings (SSSR count). The third-order valence-electron chi connectivity index (χ3n) is 2.69. The summed E-state index contributed by atoms with van der Waals surface area (Å²) < 4.78 is 41.1. The smallest absolute Gasteiger partial charge is 0.338 e. The molecule has 0 radical (unpaired) electrons. The highest BCUT2D eigenvalue weighted by Crippen LogP contribution is 2.15. The van der Waals surface area contributed by atoms with Gasteiger partial charge in [0.25, 0.3) is 0 Å². The molecule has 0 saturated carbocycles. The molecule has 0 saturated heterocycles. The van der Waals surface area contributed by atoms with Gasteiger partial charge in [-0.2, -0.15) is 5.10 Å². The summed E-state index contributed by atoms with van der Waals surface area (Å²) >= 11 is 0. The summed E-state index contributed by atoms with van der Waals surface area (Å²) in [5.74, 6) is -2.53. The van der Waals surface area contributed by atoms with E-state index in [1.54, 1.807) is 19.3 Å². The Kier molecular flexibility index (Phi) is 4.05. The molecular weight excluding hydrogens is 301 g/mol. The van der Waals surface area contributed by atoms with Crippen LogP contribution in [0, 0.1) is 5.82 Å². The van der Waals surface area contributed by atoms with Gasteiger partial charge >= 0.3 is 5.97 Å². The number of aryl methyl sites for hydroxylation is 1. The van der Waals surface area contributed by atoms with E-state index >= 15 is 0 Å². The molecule has 7 nitrogen and oxygen atoms in total. The molecular formula is C12H12FN3O4S. The maximum atomic E-state index is 13.3. The highest BCUT2D eigenvalue weighted by atomic mass is 32.2. The molecule has 0 atom stereocenters. The van der Waals surface area contributed by atoms with Crippen LogP contribution < -0.4 is 4.72 Å². The molecule has 0 aliphatic carbocycles. The maximum Gasteiger partial charge on any atom is 0.338 e. The lowest BCUT2D eigenvalue weighted by atomic mass is 10.2. The molecule has 2 N–H and O–H groups in total. The molecule has 9 heteroatoms. The van der Waals surface area contributed by atoms with Crippen molar-refractivity contribution < 1.29 is 22.7 Å². The Morgan fingerprint density at radius 3 is 2.71 bits per heavy atom. The van der Waals surface area contributed by atoms with Crippen LogP contribution in [0.25, 0.3) is 0 Å². The first-order chi connectivity index (χ1) is 9.79. The maximum absolute atomic E-state index is 13.3. The van der Waals surface area contributed by atoms with Gasteiger partial charge in [0.15, 0.2) is 0 Å². The molecule has 1 aromatic heterocycles. The van der Waals surface area contributed by atoms with Crippen LogP contribution in [0.3, 0.4) is 0 Å².